The lowest BCUT2D eigenvalue weighted by molar-refractivity contribution is 0.384. The van der Waals surface area contributed by atoms with E-state index in [-0.39, 0.29) is 0 Å². The van der Waals surface area contributed by atoms with Gasteiger partial charge in [0.25, 0.3) is 0 Å². The number of benzene rings is 1. The zero-order chi connectivity index (χ0) is 16.4. The van der Waals surface area contributed by atoms with Crippen molar-refractivity contribution in [2.45, 2.75) is 13.5 Å². The SMILES string of the molecule is Cc1c(NCc2nc(-c3cccs3)no2)cccc1-n1cnnn1. The lowest BCUT2D eigenvalue weighted by atomic mass is 10.1. The van der Waals surface area contributed by atoms with Crippen LogP contribution >= 0.6 is 11.3 Å². The van der Waals surface area contributed by atoms with Gasteiger partial charge in [-0.2, -0.15) is 4.98 Å². The zero-order valence-electron chi connectivity index (χ0n) is 12.7. The van der Waals surface area contributed by atoms with Crippen LogP contribution < -0.4 is 5.32 Å². The highest BCUT2D eigenvalue weighted by Crippen LogP contribution is 2.23. The van der Waals surface area contributed by atoms with Crippen molar-refractivity contribution >= 4 is 17.0 Å². The molecule has 0 bridgehead atoms. The van der Waals surface area contributed by atoms with Crippen LogP contribution in [-0.4, -0.2) is 30.3 Å². The summed E-state index contributed by atoms with van der Waals surface area (Å²) in [5.41, 5.74) is 2.90. The number of thiophene rings is 1. The van der Waals surface area contributed by atoms with Gasteiger partial charge < -0.3 is 9.84 Å². The molecule has 8 nitrogen and oxygen atoms in total. The van der Waals surface area contributed by atoms with E-state index in [1.54, 1.807) is 22.3 Å². The summed E-state index contributed by atoms with van der Waals surface area (Å²) in [6.45, 7) is 2.45. The van der Waals surface area contributed by atoms with E-state index in [4.69, 9.17) is 4.52 Å². The Bertz CT molecular complexity index is 931. The molecule has 0 saturated heterocycles. The van der Waals surface area contributed by atoms with E-state index in [2.05, 4.69) is 31.0 Å². The largest absolute Gasteiger partial charge is 0.376 e. The van der Waals surface area contributed by atoms with Crippen LogP contribution in [0.15, 0.2) is 46.6 Å². The first-order valence-electron chi connectivity index (χ1n) is 7.24. The second-order valence-electron chi connectivity index (χ2n) is 5.05. The molecule has 3 aromatic heterocycles. The first-order valence-corrected chi connectivity index (χ1v) is 8.12. The van der Waals surface area contributed by atoms with Crippen LogP contribution in [0.3, 0.4) is 0 Å². The fourth-order valence-electron chi connectivity index (χ4n) is 2.34. The molecule has 0 aliphatic heterocycles. The summed E-state index contributed by atoms with van der Waals surface area (Å²) in [7, 11) is 0. The number of hydrogen-bond acceptors (Lipinski definition) is 8. The molecular formula is C15H13N7OS. The number of nitrogens with zero attached hydrogens (tertiary/aromatic N) is 6. The molecule has 0 radical (unpaired) electrons. The monoisotopic (exact) mass is 339 g/mol. The van der Waals surface area contributed by atoms with Gasteiger partial charge in [0.2, 0.25) is 11.7 Å². The number of rotatable bonds is 5. The van der Waals surface area contributed by atoms with Crippen molar-refractivity contribution in [2.75, 3.05) is 5.32 Å². The van der Waals surface area contributed by atoms with Crippen LogP contribution in [-0.2, 0) is 6.54 Å². The van der Waals surface area contributed by atoms with Gasteiger partial charge in [-0.3, -0.25) is 0 Å². The highest BCUT2D eigenvalue weighted by molar-refractivity contribution is 7.13. The van der Waals surface area contributed by atoms with Crippen molar-refractivity contribution in [3.8, 4) is 16.4 Å². The number of tetrazole rings is 1. The average Bonchev–Trinajstić information content (AvgIpc) is 3.34. The Morgan fingerprint density at radius 1 is 1.25 bits per heavy atom. The number of nitrogens with one attached hydrogen (secondary N) is 1. The average molecular weight is 339 g/mol. The normalized spacial score (nSPS) is 10.9. The maximum absolute atomic E-state index is 5.30. The quantitative estimate of drug-likeness (QED) is 0.597. The maximum Gasteiger partial charge on any atom is 0.246 e. The third-order valence-electron chi connectivity index (χ3n) is 3.54. The second kappa shape index (κ2) is 6.20. The molecule has 0 aliphatic rings. The molecular weight excluding hydrogens is 326 g/mol. The van der Waals surface area contributed by atoms with Crippen LogP contribution in [0, 0.1) is 6.92 Å². The van der Waals surface area contributed by atoms with Gasteiger partial charge in [0.05, 0.1) is 17.1 Å². The summed E-state index contributed by atoms with van der Waals surface area (Å²) >= 11 is 1.58. The van der Waals surface area contributed by atoms with Crippen LogP contribution in [0.4, 0.5) is 5.69 Å². The van der Waals surface area contributed by atoms with Crippen LogP contribution in [0.5, 0.6) is 0 Å². The summed E-state index contributed by atoms with van der Waals surface area (Å²) in [4.78, 5) is 5.39. The predicted octanol–water partition coefficient (Wildman–Crippen LogP) is 2.69. The van der Waals surface area contributed by atoms with E-state index in [9.17, 15) is 0 Å². The van der Waals surface area contributed by atoms with E-state index < -0.39 is 0 Å². The molecule has 24 heavy (non-hydrogen) atoms. The Labute approximate surface area is 141 Å². The van der Waals surface area contributed by atoms with Crippen molar-refractivity contribution in [3.63, 3.8) is 0 Å². The van der Waals surface area contributed by atoms with Crippen molar-refractivity contribution in [1.82, 2.24) is 30.3 Å². The first-order chi connectivity index (χ1) is 11.8. The smallest absolute Gasteiger partial charge is 0.246 e. The molecule has 0 aliphatic carbocycles. The van der Waals surface area contributed by atoms with Gasteiger partial charge in [-0.05, 0) is 46.5 Å². The topological polar surface area (TPSA) is 94.6 Å². The van der Waals surface area contributed by atoms with Crippen molar-refractivity contribution in [3.05, 3.63) is 53.5 Å². The van der Waals surface area contributed by atoms with Gasteiger partial charge in [0.1, 0.15) is 6.33 Å². The molecule has 4 rings (SSSR count). The third kappa shape index (κ3) is 2.76. The van der Waals surface area contributed by atoms with Gasteiger partial charge in [0.15, 0.2) is 0 Å². The first kappa shape index (κ1) is 14.5. The van der Waals surface area contributed by atoms with E-state index in [1.807, 2.05) is 42.6 Å². The van der Waals surface area contributed by atoms with Gasteiger partial charge in [0, 0.05) is 5.69 Å². The Hall–Kier alpha value is -3.07. The Kier molecular flexibility index (Phi) is 3.75. The van der Waals surface area contributed by atoms with Crippen molar-refractivity contribution < 1.29 is 4.52 Å². The molecule has 1 N–H and O–H groups in total. The number of hydrogen-bond donors (Lipinski definition) is 1. The molecule has 0 spiro atoms. The molecule has 0 unspecified atom stereocenters. The summed E-state index contributed by atoms with van der Waals surface area (Å²) < 4.78 is 6.93. The van der Waals surface area contributed by atoms with Gasteiger partial charge in [-0.25, -0.2) is 4.68 Å². The fraction of sp³-hybridized carbons (Fsp3) is 0.133. The molecule has 120 valence electrons. The zero-order valence-corrected chi connectivity index (χ0v) is 13.6. The van der Waals surface area contributed by atoms with E-state index in [0.717, 1.165) is 21.8 Å². The van der Waals surface area contributed by atoms with E-state index in [1.165, 1.54) is 0 Å². The molecule has 0 amide bonds. The van der Waals surface area contributed by atoms with Crippen molar-refractivity contribution in [1.29, 1.82) is 0 Å². The lowest BCUT2D eigenvalue weighted by Crippen LogP contribution is -2.05. The summed E-state index contributed by atoms with van der Waals surface area (Å²) in [5.74, 6) is 1.14. The Morgan fingerprint density at radius 3 is 3.00 bits per heavy atom. The minimum atomic E-state index is 0.443. The van der Waals surface area contributed by atoms with Crippen molar-refractivity contribution in [2.24, 2.45) is 0 Å². The number of aromatic nitrogens is 6. The van der Waals surface area contributed by atoms with Crippen LogP contribution in [0.2, 0.25) is 0 Å². The molecule has 4 aromatic rings. The number of anilines is 1. The standard InChI is InChI=1S/C15H13N7OS/c1-10-11(4-2-5-12(10)22-9-17-20-21-22)16-8-14-18-15(19-23-14)13-6-3-7-24-13/h2-7,9,16H,8H2,1H3. The molecule has 1 aromatic carbocycles. The molecule has 0 atom stereocenters. The van der Waals surface area contributed by atoms with Gasteiger partial charge in [-0.15, -0.1) is 16.4 Å². The molecule has 9 heteroatoms. The van der Waals surface area contributed by atoms with Gasteiger partial charge >= 0.3 is 0 Å². The minimum absolute atomic E-state index is 0.443. The third-order valence-corrected chi connectivity index (χ3v) is 4.41. The second-order valence-corrected chi connectivity index (χ2v) is 5.99. The Balaban J connectivity index is 1.51. The van der Waals surface area contributed by atoms with Crippen LogP contribution in [0.25, 0.3) is 16.4 Å². The summed E-state index contributed by atoms with van der Waals surface area (Å²) in [6, 6.07) is 9.81. The minimum Gasteiger partial charge on any atom is -0.376 e. The van der Waals surface area contributed by atoms with E-state index in [0.29, 0.717) is 18.3 Å². The molecule has 0 fully saturated rings. The van der Waals surface area contributed by atoms with Gasteiger partial charge in [-0.1, -0.05) is 17.3 Å². The molecule has 0 saturated carbocycles. The highest BCUT2D eigenvalue weighted by atomic mass is 32.1. The predicted molar refractivity (Wildman–Crippen MR) is 88.8 cm³/mol. The van der Waals surface area contributed by atoms with E-state index >= 15 is 0 Å². The highest BCUT2D eigenvalue weighted by Gasteiger charge is 2.11. The summed E-state index contributed by atoms with van der Waals surface area (Å²) in [6.07, 6.45) is 1.57. The lowest BCUT2D eigenvalue weighted by Gasteiger charge is -2.11. The maximum atomic E-state index is 5.30. The molecule has 3 heterocycles. The van der Waals surface area contributed by atoms with Crippen LogP contribution in [0.1, 0.15) is 11.5 Å². The Morgan fingerprint density at radius 2 is 2.21 bits per heavy atom. The summed E-state index contributed by atoms with van der Waals surface area (Å²) in [5, 5.41) is 20.6. The fourth-order valence-corrected chi connectivity index (χ4v) is 2.99.